The summed E-state index contributed by atoms with van der Waals surface area (Å²) in [6.45, 7) is 7.29. The molecule has 8 nitrogen and oxygen atoms in total. The minimum atomic E-state index is -1.27. The molecule has 0 fully saturated rings. The molecule has 1 amide bonds. The molecule has 47 heavy (non-hydrogen) atoms. The number of benzene rings is 4. The van der Waals surface area contributed by atoms with Gasteiger partial charge in [0.15, 0.2) is 6.04 Å². The first-order valence-corrected chi connectivity index (χ1v) is 15.8. The standard InChI is InChI=1S/C39H41NO7/c1-26(47-39(2,3)4)35(40-38(43)45-25-33-31-21-13-11-19-29(31)30-20-12-14-22-32(30)33)37(42)46-34(23-27-15-7-5-8-16-27)36(41)44-24-28-17-9-6-10-18-28/h5-22,26,33-35H,23-25H2,1-4H3,(H,40,43)/t26-,34-,35+/m1/s1. The Morgan fingerprint density at radius 3 is 1.81 bits per heavy atom. The topological polar surface area (TPSA) is 100 Å². The molecule has 0 saturated carbocycles. The summed E-state index contributed by atoms with van der Waals surface area (Å²) < 4.78 is 23.2. The van der Waals surface area contributed by atoms with E-state index in [1.807, 2.05) is 118 Å². The lowest BCUT2D eigenvalue weighted by molar-refractivity contribution is -0.173. The molecule has 4 aromatic carbocycles. The van der Waals surface area contributed by atoms with E-state index in [-0.39, 0.29) is 25.6 Å². The lowest BCUT2D eigenvalue weighted by atomic mass is 9.98. The Morgan fingerprint density at radius 1 is 0.702 bits per heavy atom. The maximum atomic E-state index is 13.8. The van der Waals surface area contributed by atoms with Crippen molar-refractivity contribution in [1.29, 1.82) is 0 Å². The molecule has 1 aliphatic carbocycles. The molecule has 0 radical (unpaired) electrons. The van der Waals surface area contributed by atoms with Crippen molar-refractivity contribution in [1.82, 2.24) is 5.32 Å². The monoisotopic (exact) mass is 635 g/mol. The second-order valence-electron chi connectivity index (χ2n) is 12.6. The fourth-order valence-corrected chi connectivity index (χ4v) is 5.80. The van der Waals surface area contributed by atoms with Crippen LogP contribution in [-0.4, -0.2) is 48.5 Å². The van der Waals surface area contributed by atoms with E-state index in [0.29, 0.717) is 0 Å². The predicted molar refractivity (Wildman–Crippen MR) is 179 cm³/mol. The van der Waals surface area contributed by atoms with Gasteiger partial charge in [0.25, 0.3) is 0 Å². The van der Waals surface area contributed by atoms with Crippen LogP contribution >= 0.6 is 0 Å². The normalized spacial score (nSPS) is 14.2. The zero-order valence-electron chi connectivity index (χ0n) is 27.2. The van der Waals surface area contributed by atoms with Crippen molar-refractivity contribution in [3.05, 3.63) is 131 Å². The average molecular weight is 636 g/mol. The highest BCUT2D eigenvalue weighted by atomic mass is 16.6. The lowest BCUT2D eigenvalue weighted by Crippen LogP contribution is -2.52. The summed E-state index contributed by atoms with van der Waals surface area (Å²) in [6.07, 6.45) is -2.79. The van der Waals surface area contributed by atoms with E-state index < -0.39 is 41.9 Å². The fraction of sp³-hybridized carbons (Fsp3) is 0.308. The van der Waals surface area contributed by atoms with E-state index in [2.05, 4.69) is 17.4 Å². The minimum Gasteiger partial charge on any atom is -0.458 e. The van der Waals surface area contributed by atoms with Gasteiger partial charge in [-0.15, -0.1) is 0 Å². The number of carbonyl (C=O) groups excluding carboxylic acids is 3. The summed E-state index contributed by atoms with van der Waals surface area (Å²) in [7, 11) is 0. The molecular formula is C39H41NO7. The van der Waals surface area contributed by atoms with E-state index in [1.165, 1.54) is 0 Å². The Bertz CT molecular complexity index is 1620. The quantitative estimate of drug-likeness (QED) is 0.132. The highest BCUT2D eigenvalue weighted by Crippen LogP contribution is 2.44. The van der Waals surface area contributed by atoms with Crippen molar-refractivity contribution >= 4 is 18.0 Å². The molecule has 0 aliphatic heterocycles. The fourth-order valence-electron chi connectivity index (χ4n) is 5.80. The van der Waals surface area contributed by atoms with Gasteiger partial charge in [-0.1, -0.05) is 109 Å². The molecule has 0 aromatic heterocycles. The van der Waals surface area contributed by atoms with Crippen LogP contribution in [-0.2, 0) is 41.6 Å². The number of esters is 2. The van der Waals surface area contributed by atoms with Crippen molar-refractivity contribution < 1.29 is 33.3 Å². The zero-order valence-corrected chi connectivity index (χ0v) is 27.2. The SMILES string of the molecule is C[C@@H](OC(C)(C)C)[C@H](NC(=O)OCC1c2ccccc2-c2ccccc21)C(=O)O[C@H](Cc1ccccc1)C(=O)OCc1ccccc1. The molecule has 1 aliphatic rings. The smallest absolute Gasteiger partial charge is 0.407 e. The number of fused-ring (bicyclic) bond motifs is 3. The summed E-state index contributed by atoms with van der Waals surface area (Å²) in [6, 6.07) is 33.3. The van der Waals surface area contributed by atoms with Crippen LogP contribution in [0, 0.1) is 0 Å². The van der Waals surface area contributed by atoms with Gasteiger partial charge in [-0.3, -0.25) is 0 Å². The molecule has 3 atom stereocenters. The average Bonchev–Trinajstić information content (AvgIpc) is 3.38. The summed E-state index contributed by atoms with van der Waals surface area (Å²) in [5.74, 6) is -1.69. The van der Waals surface area contributed by atoms with Crippen molar-refractivity contribution in [2.24, 2.45) is 0 Å². The Labute approximate surface area is 276 Å². The minimum absolute atomic E-state index is 0.0213. The Kier molecular flexibility index (Phi) is 10.7. The van der Waals surface area contributed by atoms with Crippen molar-refractivity contribution in [3.8, 4) is 11.1 Å². The summed E-state index contributed by atoms with van der Waals surface area (Å²) in [4.78, 5) is 40.4. The number of rotatable bonds is 12. The Hall–Kier alpha value is -4.95. The first kappa shape index (κ1) is 33.4. The van der Waals surface area contributed by atoms with Gasteiger partial charge in [-0.2, -0.15) is 0 Å². The van der Waals surface area contributed by atoms with Crippen LogP contribution in [0.3, 0.4) is 0 Å². The third kappa shape index (κ3) is 8.86. The van der Waals surface area contributed by atoms with Crippen LogP contribution in [0.25, 0.3) is 11.1 Å². The van der Waals surface area contributed by atoms with E-state index in [9.17, 15) is 14.4 Å². The van der Waals surface area contributed by atoms with Gasteiger partial charge < -0.3 is 24.3 Å². The second-order valence-corrected chi connectivity index (χ2v) is 12.6. The van der Waals surface area contributed by atoms with Crippen LogP contribution in [0.4, 0.5) is 4.79 Å². The molecule has 0 saturated heterocycles. The number of alkyl carbamates (subject to hydrolysis) is 1. The summed E-state index contributed by atoms with van der Waals surface area (Å²) in [5, 5.41) is 2.66. The molecule has 1 N–H and O–H groups in total. The highest BCUT2D eigenvalue weighted by Gasteiger charge is 2.36. The second kappa shape index (κ2) is 15.1. The van der Waals surface area contributed by atoms with Crippen LogP contribution in [0.15, 0.2) is 109 Å². The van der Waals surface area contributed by atoms with Gasteiger partial charge in [-0.25, -0.2) is 14.4 Å². The number of carbonyl (C=O) groups is 3. The van der Waals surface area contributed by atoms with Crippen LogP contribution in [0.5, 0.6) is 0 Å². The first-order chi connectivity index (χ1) is 22.6. The van der Waals surface area contributed by atoms with Gasteiger partial charge in [-0.05, 0) is 61.1 Å². The molecule has 0 heterocycles. The number of ether oxygens (including phenoxy) is 4. The Balaban J connectivity index is 1.30. The molecule has 0 spiro atoms. The summed E-state index contributed by atoms with van der Waals surface area (Å²) in [5.41, 5.74) is 5.29. The largest absolute Gasteiger partial charge is 0.458 e. The highest BCUT2D eigenvalue weighted by molar-refractivity contribution is 5.85. The number of hydrogen-bond donors (Lipinski definition) is 1. The maximum Gasteiger partial charge on any atom is 0.407 e. The maximum absolute atomic E-state index is 13.8. The van der Waals surface area contributed by atoms with Gasteiger partial charge in [0.05, 0.1) is 11.7 Å². The third-order valence-electron chi connectivity index (χ3n) is 7.89. The van der Waals surface area contributed by atoms with Gasteiger partial charge in [0.2, 0.25) is 6.10 Å². The van der Waals surface area contributed by atoms with Gasteiger partial charge >= 0.3 is 18.0 Å². The predicted octanol–water partition coefficient (Wildman–Crippen LogP) is 7.00. The van der Waals surface area contributed by atoms with E-state index in [0.717, 1.165) is 33.4 Å². The third-order valence-corrected chi connectivity index (χ3v) is 7.89. The lowest BCUT2D eigenvalue weighted by Gasteiger charge is -2.31. The van der Waals surface area contributed by atoms with Crippen LogP contribution in [0.1, 0.15) is 55.9 Å². The first-order valence-electron chi connectivity index (χ1n) is 15.8. The van der Waals surface area contributed by atoms with Crippen LogP contribution in [0.2, 0.25) is 0 Å². The van der Waals surface area contributed by atoms with E-state index in [4.69, 9.17) is 18.9 Å². The van der Waals surface area contributed by atoms with E-state index >= 15 is 0 Å². The van der Waals surface area contributed by atoms with E-state index in [1.54, 1.807) is 6.92 Å². The number of hydrogen-bond acceptors (Lipinski definition) is 7. The van der Waals surface area contributed by atoms with Crippen molar-refractivity contribution in [2.75, 3.05) is 6.61 Å². The summed E-state index contributed by atoms with van der Waals surface area (Å²) >= 11 is 0. The number of nitrogens with one attached hydrogen (secondary N) is 1. The Morgan fingerprint density at radius 2 is 1.23 bits per heavy atom. The molecule has 0 unspecified atom stereocenters. The molecule has 0 bridgehead atoms. The van der Waals surface area contributed by atoms with Crippen molar-refractivity contribution in [2.45, 2.75) is 70.5 Å². The molecular weight excluding hydrogens is 594 g/mol. The van der Waals surface area contributed by atoms with Gasteiger partial charge in [0, 0.05) is 12.3 Å². The number of amides is 1. The molecule has 8 heteroatoms. The van der Waals surface area contributed by atoms with Gasteiger partial charge in [0.1, 0.15) is 13.2 Å². The van der Waals surface area contributed by atoms with Crippen LogP contribution < -0.4 is 5.32 Å². The van der Waals surface area contributed by atoms with Crippen molar-refractivity contribution in [3.63, 3.8) is 0 Å². The molecule has 244 valence electrons. The molecule has 5 rings (SSSR count). The zero-order chi connectivity index (χ0) is 33.4. The molecule has 4 aromatic rings.